The molecule has 2 aromatic rings. The summed E-state index contributed by atoms with van der Waals surface area (Å²) >= 11 is 1.34. The van der Waals surface area contributed by atoms with Gasteiger partial charge in [-0.05, 0) is 30.0 Å². The summed E-state index contributed by atoms with van der Waals surface area (Å²) in [6.45, 7) is -2.64. The fourth-order valence-corrected chi connectivity index (χ4v) is 2.75. The van der Waals surface area contributed by atoms with Crippen molar-refractivity contribution < 1.29 is 27.8 Å². The maximum atomic E-state index is 12.4. The molecule has 6 nitrogen and oxygen atoms in total. The Morgan fingerprint density at radius 2 is 2.04 bits per heavy atom. The monoisotopic (exact) mass is 384 g/mol. The van der Waals surface area contributed by atoms with E-state index < -0.39 is 6.61 Å². The van der Waals surface area contributed by atoms with Crippen LogP contribution in [0.15, 0.2) is 35.7 Å². The second kappa shape index (κ2) is 9.71. The van der Waals surface area contributed by atoms with Crippen LogP contribution < -0.4 is 20.1 Å². The highest BCUT2D eigenvalue weighted by Gasteiger charge is 2.12. The van der Waals surface area contributed by atoms with E-state index in [9.17, 15) is 18.4 Å². The first-order valence-corrected chi connectivity index (χ1v) is 8.62. The predicted octanol–water partition coefficient (Wildman–Crippen LogP) is 3.51. The number of carbonyl (C=O) groups is 2. The number of rotatable bonds is 9. The molecule has 26 heavy (non-hydrogen) atoms. The van der Waals surface area contributed by atoms with Gasteiger partial charge in [-0.3, -0.25) is 9.59 Å². The average Bonchev–Trinajstić information content (AvgIpc) is 3.13. The molecule has 0 unspecified atom stereocenters. The number of methoxy groups -OCH3 is 1. The number of ether oxygens (including phenoxy) is 2. The van der Waals surface area contributed by atoms with E-state index in [1.807, 2.05) is 5.38 Å². The minimum Gasteiger partial charge on any atom is -0.493 e. The van der Waals surface area contributed by atoms with Crippen molar-refractivity contribution in [1.29, 1.82) is 0 Å². The maximum Gasteiger partial charge on any atom is 0.387 e. The SMILES string of the molecule is COc1ccc(NC(=O)CCCNC(=O)c2cccs2)cc1OC(F)F. The van der Waals surface area contributed by atoms with Gasteiger partial charge in [0.2, 0.25) is 5.91 Å². The molecule has 0 fully saturated rings. The Hall–Kier alpha value is -2.68. The third kappa shape index (κ3) is 5.99. The van der Waals surface area contributed by atoms with E-state index in [4.69, 9.17) is 4.74 Å². The minimum absolute atomic E-state index is 0.139. The Balaban J connectivity index is 1.79. The third-order valence-corrected chi connectivity index (χ3v) is 4.14. The van der Waals surface area contributed by atoms with Crippen LogP contribution in [0.5, 0.6) is 11.5 Å². The highest BCUT2D eigenvalue weighted by Crippen LogP contribution is 2.31. The molecular formula is C17H18F2N2O4S. The quantitative estimate of drug-likeness (QED) is 0.649. The summed E-state index contributed by atoms with van der Waals surface area (Å²) in [5.41, 5.74) is 0.314. The second-order valence-corrected chi connectivity index (χ2v) is 6.08. The number of benzene rings is 1. The molecule has 0 aliphatic heterocycles. The van der Waals surface area contributed by atoms with Gasteiger partial charge in [0.15, 0.2) is 11.5 Å². The Morgan fingerprint density at radius 1 is 1.23 bits per heavy atom. The first kappa shape index (κ1) is 19.6. The van der Waals surface area contributed by atoms with Crippen molar-refractivity contribution in [2.75, 3.05) is 19.0 Å². The number of carbonyl (C=O) groups excluding carboxylic acids is 2. The van der Waals surface area contributed by atoms with Crippen LogP contribution >= 0.6 is 11.3 Å². The maximum absolute atomic E-state index is 12.4. The molecule has 0 spiro atoms. The van der Waals surface area contributed by atoms with Gasteiger partial charge in [-0.1, -0.05) is 6.07 Å². The average molecular weight is 384 g/mol. The van der Waals surface area contributed by atoms with Gasteiger partial charge in [0.1, 0.15) is 0 Å². The van der Waals surface area contributed by atoms with Crippen LogP contribution in [0, 0.1) is 0 Å². The van der Waals surface area contributed by atoms with Crippen molar-refractivity contribution in [2.45, 2.75) is 19.5 Å². The molecule has 9 heteroatoms. The molecule has 2 N–H and O–H groups in total. The molecule has 1 aromatic carbocycles. The summed E-state index contributed by atoms with van der Waals surface area (Å²) in [7, 11) is 1.33. The van der Waals surface area contributed by atoms with Crippen LogP contribution in [-0.4, -0.2) is 32.1 Å². The lowest BCUT2D eigenvalue weighted by Crippen LogP contribution is -2.24. The zero-order valence-electron chi connectivity index (χ0n) is 14.0. The fourth-order valence-electron chi connectivity index (χ4n) is 2.11. The minimum atomic E-state index is -3.00. The number of thiophene rings is 1. The zero-order chi connectivity index (χ0) is 18.9. The van der Waals surface area contributed by atoms with Crippen molar-refractivity contribution in [2.24, 2.45) is 0 Å². The Kier molecular flexibility index (Phi) is 7.34. The largest absolute Gasteiger partial charge is 0.493 e. The lowest BCUT2D eigenvalue weighted by atomic mass is 10.2. The predicted molar refractivity (Wildman–Crippen MR) is 94.1 cm³/mol. The Morgan fingerprint density at radius 3 is 2.69 bits per heavy atom. The van der Waals surface area contributed by atoms with Crippen LogP contribution in [0.3, 0.4) is 0 Å². The van der Waals surface area contributed by atoms with Gasteiger partial charge in [-0.2, -0.15) is 8.78 Å². The van der Waals surface area contributed by atoms with E-state index in [0.717, 1.165) is 0 Å². The summed E-state index contributed by atoms with van der Waals surface area (Å²) in [5, 5.41) is 7.12. The third-order valence-electron chi connectivity index (χ3n) is 3.27. The van der Waals surface area contributed by atoms with Gasteiger partial charge in [-0.15, -0.1) is 11.3 Å². The van der Waals surface area contributed by atoms with Gasteiger partial charge in [-0.25, -0.2) is 0 Å². The summed E-state index contributed by atoms with van der Waals surface area (Å²) < 4.78 is 34.1. The molecule has 140 valence electrons. The van der Waals surface area contributed by atoms with Gasteiger partial charge in [0.05, 0.1) is 12.0 Å². The highest BCUT2D eigenvalue weighted by atomic mass is 32.1. The lowest BCUT2D eigenvalue weighted by molar-refractivity contribution is -0.116. The van der Waals surface area contributed by atoms with E-state index in [1.54, 1.807) is 12.1 Å². The van der Waals surface area contributed by atoms with Crippen molar-refractivity contribution in [3.8, 4) is 11.5 Å². The van der Waals surface area contributed by atoms with Crippen LogP contribution in [0.25, 0.3) is 0 Å². The van der Waals surface area contributed by atoms with Gasteiger partial charge < -0.3 is 20.1 Å². The number of nitrogens with one attached hydrogen (secondary N) is 2. The van der Waals surface area contributed by atoms with E-state index >= 15 is 0 Å². The first-order chi connectivity index (χ1) is 12.5. The van der Waals surface area contributed by atoms with Gasteiger partial charge in [0.25, 0.3) is 5.91 Å². The molecule has 2 amide bonds. The molecule has 2 rings (SSSR count). The van der Waals surface area contributed by atoms with Gasteiger partial charge >= 0.3 is 6.61 Å². The summed E-state index contributed by atoms with van der Waals surface area (Å²) in [4.78, 5) is 24.3. The second-order valence-electron chi connectivity index (χ2n) is 5.13. The van der Waals surface area contributed by atoms with E-state index in [1.165, 1.54) is 36.6 Å². The summed E-state index contributed by atoms with van der Waals surface area (Å²) in [6, 6.07) is 7.72. The number of hydrogen-bond donors (Lipinski definition) is 2. The molecular weight excluding hydrogens is 366 g/mol. The number of amides is 2. The van der Waals surface area contributed by atoms with Crippen LogP contribution in [0.2, 0.25) is 0 Å². The fraction of sp³-hybridized carbons (Fsp3) is 0.294. The van der Waals surface area contributed by atoms with Crippen LogP contribution in [0.1, 0.15) is 22.5 Å². The topological polar surface area (TPSA) is 76.7 Å². The molecule has 0 saturated heterocycles. The molecule has 1 aromatic heterocycles. The molecule has 0 bridgehead atoms. The standard InChI is InChI=1S/C17H18F2N2O4S/c1-24-12-7-6-11(10-13(12)25-17(18)19)21-15(22)5-2-8-20-16(23)14-4-3-9-26-14/h3-4,6-7,9-10,17H,2,5,8H2,1H3,(H,20,23)(H,21,22). The highest BCUT2D eigenvalue weighted by molar-refractivity contribution is 7.12. The van der Waals surface area contributed by atoms with Crippen molar-refractivity contribution >= 4 is 28.8 Å². The van der Waals surface area contributed by atoms with E-state index in [0.29, 0.717) is 23.5 Å². The molecule has 0 radical (unpaired) electrons. The van der Waals surface area contributed by atoms with Crippen molar-refractivity contribution in [3.63, 3.8) is 0 Å². The number of alkyl halides is 2. The lowest BCUT2D eigenvalue weighted by Gasteiger charge is -2.12. The number of halogens is 2. The Bertz CT molecular complexity index is 738. The Labute approximate surface area is 153 Å². The van der Waals surface area contributed by atoms with Gasteiger partial charge in [0, 0.05) is 24.7 Å². The smallest absolute Gasteiger partial charge is 0.387 e. The number of anilines is 1. The first-order valence-electron chi connectivity index (χ1n) is 7.74. The van der Waals surface area contributed by atoms with Crippen LogP contribution in [0.4, 0.5) is 14.5 Å². The molecule has 0 aliphatic rings. The molecule has 0 atom stereocenters. The van der Waals surface area contributed by atoms with E-state index in [2.05, 4.69) is 15.4 Å². The molecule has 1 heterocycles. The molecule has 0 aliphatic carbocycles. The van der Waals surface area contributed by atoms with Crippen LogP contribution in [-0.2, 0) is 4.79 Å². The number of hydrogen-bond acceptors (Lipinski definition) is 5. The van der Waals surface area contributed by atoms with Crippen molar-refractivity contribution in [3.05, 3.63) is 40.6 Å². The van der Waals surface area contributed by atoms with E-state index in [-0.39, 0.29) is 29.7 Å². The molecule has 0 saturated carbocycles. The van der Waals surface area contributed by atoms with Crippen molar-refractivity contribution in [1.82, 2.24) is 5.32 Å². The zero-order valence-corrected chi connectivity index (χ0v) is 14.8. The normalized spacial score (nSPS) is 10.5. The summed E-state index contributed by atoms with van der Waals surface area (Å²) in [6.07, 6.45) is 0.612. The summed E-state index contributed by atoms with van der Waals surface area (Å²) in [5.74, 6) is -0.504.